The highest BCUT2D eigenvalue weighted by atomic mass is 32.2. The fraction of sp³-hybridized carbons (Fsp3) is 0.593. The molecule has 0 spiro atoms. The Balaban J connectivity index is 1.76. The minimum atomic E-state index is -1.07. The highest BCUT2D eigenvalue weighted by Crippen LogP contribution is 2.30. The number of nitrogens with zero attached hydrogens (tertiary/aromatic N) is 3. The van der Waals surface area contributed by atoms with E-state index in [1.54, 1.807) is 12.1 Å². The molecule has 1 fully saturated rings. The Morgan fingerprint density at radius 3 is 2.38 bits per heavy atom. The van der Waals surface area contributed by atoms with Gasteiger partial charge in [0, 0.05) is 17.9 Å². The van der Waals surface area contributed by atoms with Gasteiger partial charge in [0.2, 0.25) is 11.7 Å². The first-order valence-corrected chi connectivity index (χ1v) is 13.9. The van der Waals surface area contributed by atoms with Crippen LogP contribution in [0.3, 0.4) is 0 Å². The summed E-state index contributed by atoms with van der Waals surface area (Å²) in [6, 6.07) is 6.43. The predicted molar refractivity (Wildman–Crippen MR) is 144 cm³/mol. The van der Waals surface area contributed by atoms with Crippen LogP contribution in [-0.2, 0) is 4.79 Å². The number of nitrogens with one attached hydrogen (secondary N) is 2. The maximum absolute atomic E-state index is 13.7. The Morgan fingerprint density at radius 2 is 1.76 bits per heavy atom. The first-order chi connectivity index (χ1) is 17.6. The van der Waals surface area contributed by atoms with E-state index in [0.29, 0.717) is 30.0 Å². The lowest BCUT2D eigenvalue weighted by Crippen LogP contribution is -2.62. The number of rotatable bonds is 12. The van der Waals surface area contributed by atoms with Gasteiger partial charge >= 0.3 is 0 Å². The number of thioether (sulfide) groups is 1. The zero-order chi connectivity index (χ0) is 27.0. The van der Waals surface area contributed by atoms with Crippen LogP contribution in [0, 0.1) is 12.8 Å². The SMILES string of the molecule is Cc1ccc(C(=O)NC2(C(=O)NC(CC(C)C)C(=O)c3nnc(SCCN(C)C)o3)CCCCC2)cc1. The second-order valence-corrected chi connectivity index (χ2v) is 11.6. The van der Waals surface area contributed by atoms with Crippen molar-refractivity contribution >= 4 is 29.4 Å². The summed E-state index contributed by atoms with van der Waals surface area (Å²) in [5.74, 6) is -0.273. The number of Topliss-reactive ketones (excluding diaryl/α,β-unsaturated/α-hetero) is 1. The van der Waals surface area contributed by atoms with Crippen LogP contribution in [-0.4, -0.2) is 70.7 Å². The summed E-state index contributed by atoms with van der Waals surface area (Å²) in [5, 5.41) is 14.2. The number of ketones is 1. The van der Waals surface area contributed by atoms with Crippen molar-refractivity contribution in [2.45, 2.75) is 76.1 Å². The molecular weight excluding hydrogens is 490 g/mol. The van der Waals surface area contributed by atoms with Crippen molar-refractivity contribution in [1.82, 2.24) is 25.7 Å². The van der Waals surface area contributed by atoms with E-state index < -0.39 is 17.4 Å². The molecule has 1 aliphatic carbocycles. The van der Waals surface area contributed by atoms with E-state index in [1.165, 1.54) is 11.8 Å². The van der Waals surface area contributed by atoms with Crippen LogP contribution in [0.1, 0.15) is 79.0 Å². The molecule has 1 aliphatic rings. The number of hydrogen-bond donors (Lipinski definition) is 2. The molecule has 2 aromatic rings. The molecule has 1 aromatic carbocycles. The number of hydrogen-bond acceptors (Lipinski definition) is 8. The number of aryl methyl sites for hydroxylation is 1. The third-order valence-corrected chi connectivity index (χ3v) is 7.32. The molecule has 1 aromatic heterocycles. The summed E-state index contributed by atoms with van der Waals surface area (Å²) in [4.78, 5) is 42.2. The molecule has 1 heterocycles. The fourth-order valence-electron chi connectivity index (χ4n) is 4.39. The van der Waals surface area contributed by atoms with Crippen LogP contribution < -0.4 is 10.6 Å². The number of carbonyl (C=O) groups is 3. The second-order valence-electron chi connectivity index (χ2n) is 10.5. The topological polar surface area (TPSA) is 117 Å². The van der Waals surface area contributed by atoms with Gasteiger partial charge in [0.1, 0.15) is 5.54 Å². The van der Waals surface area contributed by atoms with E-state index >= 15 is 0 Å². The van der Waals surface area contributed by atoms with Crippen molar-refractivity contribution in [1.29, 1.82) is 0 Å². The second kappa shape index (κ2) is 13.2. The number of benzene rings is 1. The molecule has 9 nitrogen and oxygen atoms in total. The largest absolute Gasteiger partial charge is 0.408 e. The average Bonchev–Trinajstić information content (AvgIpc) is 3.32. The Bertz CT molecular complexity index is 1060. The van der Waals surface area contributed by atoms with Crippen molar-refractivity contribution in [3.8, 4) is 0 Å². The van der Waals surface area contributed by atoms with E-state index in [4.69, 9.17) is 4.42 Å². The van der Waals surface area contributed by atoms with Gasteiger partial charge < -0.3 is 20.0 Å². The standard InChI is InChI=1S/C27H39N5O4S/c1-18(2)17-21(22(33)24-30-31-26(36-24)37-16-15-32(4)5)28-25(35)27(13-7-6-8-14-27)29-23(34)20-11-9-19(3)10-12-20/h9-12,18,21H,6-8,13-17H2,1-5H3,(H,28,35)(H,29,34). The Kier molecular flexibility index (Phi) is 10.3. The van der Waals surface area contributed by atoms with Crippen molar-refractivity contribution in [2.24, 2.45) is 5.92 Å². The average molecular weight is 530 g/mol. The first-order valence-electron chi connectivity index (χ1n) is 12.9. The molecule has 0 bridgehead atoms. The lowest BCUT2D eigenvalue weighted by Gasteiger charge is -2.37. The molecule has 0 radical (unpaired) electrons. The number of amides is 2. The molecule has 0 aliphatic heterocycles. The maximum atomic E-state index is 13.7. The van der Waals surface area contributed by atoms with Crippen LogP contribution >= 0.6 is 11.8 Å². The minimum absolute atomic E-state index is 0.111. The first kappa shape index (κ1) is 28.8. The lowest BCUT2D eigenvalue weighted by atomic mass is 9.80. The molecule has 1 unspecified atom stereocenters. The number of carbonyl (C=O) groups excluding carboxylic acids is 3. The van der Waals surface area contributed by atoms with Gasteiger partial charge in [-0.2, -0.15) is 0 Å². The molecule has 202 valence electrons. The molecule has 10 heteroatoms. The van der Waals surface area contributed by atoms with Crippen LogP contribution in [0.15, 0.2) is 33.9 Å². The normalized spacial score (nSPS) is 16.0. The molecule has 1 atom stereocenters. The molecular formula is C27H39N5O4S. The maximum Gasteiger partial charge on any atom is 0.286 e. The summed E-state index contributed by atoms with van der Waals surface area (Å²) in [5.41, 5.74) is 0.484. The van der Waals surface area contributed by atoms with E-state index in [2.05, 4.69) is 20.8 Å². The number of aromatic nitrogens is 2. The summed E-state index contributed by atoms with van der Waals surface area (Å²) in [6.07, 6.45) is 4.10. The van der Waals surface area contributed by atoms with E-state index in [0.717, 1.165) is 37.1 Å². The van der Waals surface area contributed by atoms with Gasteiger partial charge in [-0.1, -0.05) is 62.6 Å². The quantitative estimate of drug-likeness (QED) is 0.314. The summed E-state index contributed by atoms with van der Waals surface area (Å²) in [6.45, 7) is 6.76. The highest BCUT2D eigenvalue weighted by molar-refractivity contribution is 7.99. The van der Waals surface area contributed by atoms with E-state index in [1.807, 2.05) is 51.9 Å². The van der Waals surface area contributed by atoms with Gasteiger partial charge in [0.25, 0.3) is 17.0 Å². The molecule has 3 rings (SSSR count). The highest BCUT2D eigenvalue weighted by Gasteiger charge is 2.43. The smallest absolute Gasteiger partial charge is 0.286 e. The zero-order valence-corrected chi connectivity index (χ0v) is 23.3. The van der Waals surface area contributed by atoms with Crippen LogP contribution in [0.2, 0.25) is 0 Å². The third kappa shape index (κ3) is 8.13. The summed E-state index contributed by atoms with van der Waals surface area (Å²) >= 11 is 1.39. The van der Waals surface area contributed by atoms with E-state index in [-0.39, 0.29) is 23.6 Å². The lowest BCUT2D eigenvalue weighted by molar-refractivity contribution is -0.129. The van der Waals surface area contributed by atoms with Crippen molar-refractivity contribution in [3.05, 3.63) is 41.3 Å². The van der Waals surface area contributed by atoms with Gasteiger partial charge in [-0.15, -0.1) is 10.2 Å². The zero-order valence-electron chi connectivity index (χ0n) is 22.5. The van der Waals surface area contributed by atoms with Crippen molar-refractivity contribution in [2.75, 3.05) is 26.4 Å². The molecule has 1 saturated carbocycles. The van der Waals surface area contributed by atoms with Gasteiger partial charge in [0.15, 0.2) is 0 Å². The molecule has 2 N–H and O–H groups in total. The molecule has 0 saturated heterocycles. The summed E-state index contributed by atoms with van der Waals surface area (Å²) < 4.78 is 5.63. The van der Waals surface area contributed by atoms with Gasteiger partial charge in [-0.25, -0.2) is 0 Å². The van der Waals surface area contributed by atoms with Gasteiger partial charge in [-0.3, -0.25) is 14.4 Å². The molecule has 2 amide bonds. The van der Waals surface area contributed by atoms with Gasteiger partial charge in [0.05, 0.1) is 6.04 Å². The Labute approximate surface area is 223 Å². The Hall–Kier alpha value is -2.72. The monoisotopic (exact) mass is 529 g/mol. The third-order valence-electron chi connectivity index (χ3n) is 6.52. The van der Waals surface area contributed by atoms with Crippen LogP contribution in [0.25, 0.3) is 0 Å². The van der Waals surface area contributed by atoms with E-state index in [9.17, 15) is 14.4 Å². The van der Waals surface area contributed by atoms with Crippen LogP contribution in [0.4, 0.5) is 0 Å². The summed E-state index contributed by atoms with van der Waals surface area (Å²) in [7, 11) is 3.95. The minimum Gasteiger partial charge on any atom is -0.408 e. The fourth-order valence-corrected chi connectivity index (χ4v) is 5.26. The van der Waals surface area contributed by atoms with Crippen molar-refractivity contribution < 1.29 is 18.8 Å². The Morgan fingerprint density at radius 1 is 1.08 bits per heavy atom. The molecule has 37 heavy (non-hydrogen) atoms. The predicted octanol–water partition coefficient (Wildman–Crippen LogP) is 3.88. The van der Waals surface area contributed by atoms with Crippen LogP contribution in [0.5, 0.6) is 0 Å². The van der Waals surface area contributed by atoms with Gasteiger partial charge in [-0.05, 0) is 58.3 Å². The van der Waals surface area contributed by atoms with Crippen molar-refractivity contribution in [3.63, 3.8) is 0 Å².